The van der Waals surface area contributed by atoms with Gasteiger partial charge in [-0.15, -0.1) is 5.10 Å². The Morgan fingerprint density at radius 1 is 1.55 bits per heavy atom. The lowest BCUT2D eigenvalue weighted by atomic mass is 10.2. The van der Waals surface area contributed by atoms with E-state index in [9.17, 15) is 0 Å². The fourth-order valence-corrected chi connectivity index (χ4v) is 2.26. The number of hydrogen-bond donors (Lipinski definition) is 2. The first-order chi connectivity index (χ1) is 9.76. The lowest BCUT2D eigenvalue weighted by molar-refractivity contribution is 0.156. The van der Waals surface area contributed by atoms with Crippen LogP contribution in [-0.4, -0.2) is 53.1 Å². The van der Waals surface area contributed by atoms with Crippen LogP contribution in [0.3, 0.4) is 0 Å². The molecule has 0 saturated carbocycles. The van der Waals surface area contributed by atoms with Crippen molar-refractivity contribution in [1.82, 2.24) is 25.7 Å². The van der Waals surface area contributed by atoms with Crippen LogP contribution in [-0.2, 0) is 11.3 Å². The van der Waals surface area contributed by atoms with Crippen LogP contribution in [0.4, 0.5) is 5.95 Å². The van der Waals surface area contributed by atoms with Crippen LogP contribution >= 0.6 is 0 Å². The molecular weight excluding hydrogens is 260 g/mol. The summed E-state index contributed by atoms with van der Waals surface area (Å²) in [6.07, 6.45) is 0. The van der Waals surface area contributed by atoms with Gasteiger partial charge in [-0.25, -0.2) is 0 Å². The third-order valence-electron chi connectivity index (χ3n) is 3.21. The van der Waals surface area contributed by atoms with Crippen molar-refractivity contribution >= 4 is 5.95 Å². The number of hydrogen-bond acceptors (Lipinski definition) is 7. The monoisotopic (exact) mass is 278 g/mol. The lowest BCUT2D eigenvalue weighted by Crippen LogP contribution is -2.49. The van der Waals surface area contributed by atoms with Gasteiger partial charge in [-0.2, -0.15) is 4.98 Å². The number of nitrogens with one attached hydrogen (secondary N) is 2. The first-order valence-corrected chi connectivity index (χ1v) is 6.62. The van der Waals surface area contributed by atoms with Gasteiger partial charge in [0.05, 0.1) is 0 Å². The zero-order valence-corrected chi connectivity index (χ0v) is 11.6. The molecule has 2 aromatic heterocycles. The van der Waals surface area contributed by atoms with Gasteiger partial charge >= 0.3 is 0 Å². The summed E-state index contributed by atoms with van der Waals surface area (Å²) in [5, 5.41) is 14.5. The van der Waals surface area contributed by atoms with Crippen LogP contribution in [0.25, 0.3) is 11.5 Å². The van der Waals surface area contributed by atoms with Crippen LogP contribution in [0.15, 0.2) is 10.6 Å². The van der Waals surface area contributed by atoms with Crippen molar-refractivity contribution in [1.29, 1.82) is 0 Å². The predicted molar refractivity (Wildman–Crippen MR) is 72.3 cm³/mol. The molecule has 0 bridgehead atoms. The fourth-order valence-electron chi connectivity index (χ4n) is 2.26. The van der Waals surface area contributed by atoms with E-state index in [1.165, 1.54) is 0 Å². The maximum Gasteiger partial charge on any atom is 0.245 e. The van der Waals surface area contributed by atoms with E-state index >= 15 is 0 Å². The third kappa shape index (κ3) is 2.66. The first kappa shape index (κ1) is 13.1. The summed E-state index contributed by atoms with van der Waals surface area (Å²) in [6, 6.07) is 2.24. The summed E-state index contributed by atoms with van der Waals surface area (Å²) in [4.78, 5) is 6.63. The van der Waals surface area contributed by atoms with Gasteiger partial charge in [0.2, 0.25) is 5.95 Å². The molecule has 1 aliphatic rings. The molecule has 0 aromatic carbocycles. The second-order valence-corrected chi connectivity index (χ2v) is 4.90. The molecule has 8 nitrogen and oxygen atoms in total. The molecule has 0 aliphatic carbocycles. The Bertz CT molecular complexity index is 566. The van der Waals surface area contributed by atoms with E-state index in [1.807, 2.05) is 0 Å². The molecule has 8 heteroatoms. The minimum absolute atomic E-state index is 0.392. The van der Waals surface area contributed by atoms with E-state index < -0.39 is 0 Å². The SMILES string of the molecule is COCc1cc(-c2nc(N3CCN[C@H](C)C3)n[nH]2)no1. The van der Waals surface area contributed by atoms with Gasteiger partial charge in [0.25, 0.3) is 0 Å². The van der Waals surface area contributed by atoms with Crippen LogP contribution in [0.5, 0.6) is 0 Å². The van der Waals surface area contributed by atoms with Gasteiger partial charge in [-0.3, -0.25) is 5.10 Å². The van der Waals surface area contributed by atoms with E-state index in [-0.39, 0.29) is 0 Å². The third-order valence-corrected chi connectivity index (χ3v) is 3.21. The molecular formula is C12H18N6O2. The average Bonchev–Trinajstić information content (AvgIpc) is 3.07. The minimum Gasteiger partial charge on any atom is -0.377 e. The number of anilines is 1. The molecule has 0 radical (unpaired) electrons. The Balaban J connectivity index is 1.75. The quantitative estimate of drug-likeness (QED) is 0.836. The van der Waals surface area contributed by atoms with Gasteiger partial charge < -0.3 is 19.5 Å². The van der Waals surface area contributed by atoms with Crippen molar-refractivity contribution in [2.75, 3.05) is 31.6 Å². The molecule has 0 unspecified atom stereocenters. The molecule has 1 saturated heterocycles. The number of piperazine rings is 1. The van der Waals surface area contributed by atoms with Crippen molar-refractivity contribution < 1.29 is 9.26 Å². The van der Waals surface area contributed by atoms with Gasteiger partial charge in [0.15, 0.2) is 17.3 Å². The first-order valence-electron chi connectivity index (χ1n) is 6.62. The highest BCUT2D eigenvalue weighted by Crippen LogP contribution is 2.18. The molecule has 1 fully saturated rings. The van der Waals surface area contributed by atoms with Crippen LogP contribution in [0.1, 0.15) is 12.7 Å². The summed E-state index contributed by atoms with van der Waals surface area (Å²) in [5.74, 6) is 1.97. The second kappa shape index (κ2) is 5.59. The summed E-state index contributed by atoms with van der Waals surface area (Å²) < 4.78 is 10.1. The Morgan fingerprint density at radius 3 is 3.25 bits per heavy atom. The highest BCUT2D eigenvalue weighted by molar-refractivity contribution is 5.51. The summed E-state index contributed by atoms with van der Waals surface area (Å²) in [5.41, 5.74) is 0.638. The number of aromatic amines is 1. The molecule has 2 N–H and O–H groups in total. The van der Waals surface area contributed by atoms with E-state index in [1.54, 1.807) is 13.2 Å². The van der Waals surface area contributed by atoms with Gasteiger partial charge in [-0.05, 0) is 6.92 Å². The summed E-state index contributed by atoms with van der Waals surface area (Å²) in [7, 11) is 1.61. The second-order valence-electron chi connectivity index (χ2n) is 4.90. The van der Waals surface area contributed by atoms with Crippen molar-refractivity contribution in [3.63, 3.8) is 0 Å². The van der Waals surface area contributed by atoms with Gasteiger partial charge in [0.1, 0.15) is 6.61 Å². The Hall–Kier alpha value is -1.93. The van der Waals surface area contributed by atoms with Crippen LogP contribution in [0.2, 0.25) is 0 Å². The maximum atomic E-state index is 5.14. The van der Waals surface area contributed by atoms with E-state index in [4.69, 9.17) is 9.26 Å². The van der Waals surface area contributed by atoms with Gasteiger partial charge in [-0.1, -0.05) is 5.16 Å². The molecule has 0 spiro atoms. The Kier molecular flexibility index (Phi) is 3.66. The maximum absolute atomic E-state index is 5.14. The molecule has 0 amide bonds. The predicted octanol–water partition coefficient (Wildman–Crippen LogP) is 0.404. The lowest BCUT2D eigenvalue weighted by Gasteiger charge is -2.30. The summed E-state index contributed by atoms with van der Waals surface area (Å²) >= 11 is 0. The molecule has 1 atom stereocenters. The van der Waals surface area contributed by atoms with Crippen LogP contribution < -0.4 is 10.2 Å². The zero-order chi connectivity index (χ0) is 13.9. The number of H-pyrrole nitrogens is 1. The highest BCUT2D eigenvalue weighted by atomic mass is 16.5. The minimum atomic E-state index is 0.392. The van der Waals surface area contributed by atoms with Crippen LogP contribution in [0, 0.1) is 0 Å². The smallest absolute Gasteiger partial charge is 0.245 e. The zero-order valence-electron chi connectivity index (χ0n) is 11.6. The van der Waals surface area contributed by atoms with Crippen molar-refractivity contribution in [3.05, 3.63) is 11.8 Å². The van der Waals surface area contributed by atoms with E-state index in [2.05, 4.69) is 37.5 Å². The molecule has 108 valence electrons. The van der Waals surface area contributed by atoms with Gasteiger partial charge in [0, 0.05) is 38.9 Å². The van der Waals surface area contributed by atoms with Crippen molar-refractivity contribution in [3.8, 4) is 11.5 Å². The number of rotatable bonds is 4. The topological polar surface area (TPSA) is 92.1 Å². The molecule has 3 rings (SSSR count). The van der Waals surface area contributed by atoms with E-state index in [0.29, 0.717) is 35.9 Å². The standard InChI is InChI=1S/C12H18N6O2/c1-8-6-18(4-3-13-8)12-14-11(15-16-12)10-5-9(7-19-2)20-17-10/h5,8,13H,3-4,6-7H2,1-2H3,(H,14,15,16)/t8-/m1/s1. The summed E-state index contributed by atoms with van der Waals surface area (Å²) in [6.45, 7) is 5.27. The number of methoxy groups -OCH3 is 1. The number of ether oxygens (including phenoxy) is 1. The molecule has 1 aliphatic heterocycles. The number of aromatic nitrogens is 4. The van der Waals surface area contributed by atoms with Crippen molar-refractivity contribution in [2.24, 2.45) is 0 Å². The average molecular weight is 278 g/mol. The highest BCUT2D eigenvalue weighted by Gasteiger charge is 2.20. The van der Waals surface area contributed by atoms with Crippen molar-refractivity contribution in [2.45, 2.75) is 19.6 Å². The normalized spacial score (nSPS) is 19.5. The Labute approximate surface area is 116 Å². The molecule has 20 heavy (non-hydrogen) atoms. The number of nitrogens with zero attached hydrogens (tertiary/aromatic N) is 4. The Morgan fingerprint density at radius 2 is 2.45 bits per heavy atom. The van der Waals surface area contributed by atoms with E-state index in [0.717, 1.165) is 19.6 Å². The molecule has 2 aromatic rings. The molecule has 3 heterocycles. The largest absolute Gasteiger partial charge is 0.377 e. The fraction of sp³-hybridized carbons (Fsp3) is 0.583.